The van der Waals surface area contributed by atoms with Crippen LogP contribution >= 0.6 is 0 Å². The molecule has 2 N–H and O–H groups in total. The quantitative estimate of drug-likeness (QED) is 0.923. The van der Waals surface area contributed by atoms with Crippen molar-refractivity contribution in [2.45, 2.75) is 44.2 Å². The van der Waals surface area contributed by atoms with Crippen LogP contribution in [0.25, 0.3) is 0 Å². The van der Waals surface area contributed by atoms with Gasteiger partial charge in [0.2, 0.25) is 0 Å². The molecule has 110 valence electrons. The Hall–Kier alpha value is -1.55. The number of primary amides is 1. The van der Waals surface area contributed by atoms with E-state index in [1.54, 1.807) is 0 Å². The minimum atomic E-state index is -0.671. The lowest BCUT2D eigenvalue weighted by molar-refractivity contribution is 0.0195. The normalized spacial score (nSPS) is 26.5. The van der Waals surface area contributed by atoms with Crippen LogP contribution in [0.2, 0.25) is 0 Å². The lowest BCUT2D eigenvalue weighted by Crippen LogP contribution is -2.46. The summed E-state index contributed by atoms with van der Waals surface area (Å²) in [5.41, 5.74) is 7.85. The second-order valence-corrected chi connectivity index (χ2v) is 5.93. The molecule has 1 aromatic carbocycles. The molecule has 1 fully saturated rings. The third-order valence-corrected chi connectivity index (χ3v) is 4.20. The fourth-order valence-corrected chi connectivity index (χ4v) is 3.18. The number of nitrogens with zero attached hydrogens (tertiary/aromatic N) is 1. The molecule has 1 aromatic rings. The van der Waals surface area contributed by atoms with Crippen LogP contribution in [0.4, 0.5) is 4.79 Å². The van der Waals surface area contributed by atoms with Crippen LogP contribution in [0.3, 0.4) is 0 Å². The zero-order valence-corrected chi connectivity index (χ0v) is 12.5. The number of nitrogens with two attached hydrogens (primary N) is 1. The molecule has 0 heterocycles. The molecule has 0 saturated heterocycles. The largest absolute Gasteiger partial charge is 0.445 e. The van der Waals surface area contributed by atoms with E-state index in [-0.39, 0.29) is 12.1 Å². The summed E-state index contributed by atoms with van der Waals surface area (Å²) in [5.74, 6) is 0.523. The molecule has 0 spiro atoms. The highest BCUT2D eigenvalue weighted by molar-refractivity contribution is 5.64. The number of rotatable bonds is 3. The highest BCUT2D eigenvalue weighted by Gasteiger charge is 2.34. The molecule has 2 rings (SSSR count). The van der Waals surface area contributed by atoms with Crippen LogP contribution < -0.4 is 5.73 Å². The van der Waals surface area contributed by atoms with Gasteiger partial charge in [-0.15, -0.1) is 0 Å². The van der Waals surface area contributed by atoms with E-state index >= 15 is 0 Å². The molecule has 0 bridgehead atoms. The number of aryl methyl sites for hydroxylation is 1. The van der Waals surface area contributed by atoms with Gasteiger partial charge in [0, 0.05) is 6.04 Å². The van der Waals surface area contributed by atoms with Gasteiger partial charge in [-0.3, -0.25) is 0 Å². The van der Waals surface area contributed by atoms with Gasteiger partial charge in [-0.25, -0.2) is 4.79 Å². The van der Waals surface area contributed by atoms with Crippen molar-refractivity contribution >= 4 is 6.09 Å². The SMILES string of the molecule is Cc1cccc([C@H]2CC[C@H](OC(N)=O)[C@@H](N(C)C)C2)c1. The van der Waals surface area contributed by atoms with Crippen LogP contribution in [0.15, 0.2) is 24.3 Å². The van der Waals surface area contributed by atoms with Gasteiger partial charge in [-0.05, 0) is 51.8 Å². The van der Waals surface area contributed by atoms with Gasteiger partial charge in [-0.1, -0.05) is 29.8 Å². The lowest BCUT2D eigenvalue weighted by atomic mass is 9.79. The molecule has 20 heavy (non-hydrogen) atoms. The Labute approximate surface area is 120 Å². The molecule has 4 heteroatoms. The fraction of sp³-hybridized carbons (Fsp3) is 0.562. The van der Waals surface area contributed by atoms with Crippen molar-refractivity contribution in [1.29, 1.82) is 0 Å². The Morgan fingerprint density at radius 1 is 1.35 bits per heavy atom. The number of amides is 1. The predicted molar refractivity (Wildman–Crippen MR) is 79.7 cm³/mol. The summed E-state index contributed by atoms with van der Waals surface area (Å²) in [6.45, 7) is 2.12. The monoisotopic (exact) mass is 276 g/mol. The summed E-state index contributed by atoms with van der Waals surface area (Å²) in [6.07, 6.45) is 2.13. The first-order valence-electron chi connectivity index (χ1n) is 7.16. The van der Waals surface area contributed by atoms with Gasteiger partial charge in [-0.2, -0.15) is 0 Å². The van der Waals surface area contributed by atoms with Crippen molar-refractivity contribution in [3.8, 4) is 0 Å². The first kappa shape index (κ1) is 14.9. The number of hydrogen-bond acceptors (Lipinski definition) is 3. The van der Waals surface area contributed by atoms with E-state index in [0.717, 1.165) is 19.3 Å². The second-order valence-electron chi connectivity index (χ2n) is 5.93. The first-order valence-corrected chi connectivity index (χ1v) is 7.16. The van der Waals surface area contributed by atoms with E-state index in [1.165, 1.54) is 11.1 Å². The summed E-state index contributed by atoms with van der Waals surface area (Å²) >= 11 is 0. The summed E-state index contributed by atoms with van der Waals surface area (Å²) in [5, 5.41) is 0. The van der Waals surface area contributed by atoms with E-state index in [2.05, 4.69) is 36.1 Å². The molecular formula is C16H24N2O2. The zero-order chi connectivity index (χ0) is 14.7. The van der Waals surface area contributed by atoms with E-state index in [9.17, 15) is 4.79 Å². The molecule has 4 nitrogen and oxygen atoms in total. The Morgan fingerprint density at radius 3 is 2.70 bits per heavy atom. The number of hydrogen-bond donors (Lipinski definition) is 1. The Kier molecular flexibility index (Phi) is 4.65. The zero-order valence-electron chi connectivity index (χ0n) is 12.5. The van der Waals surface area contributed by atoms with Crippen molar-refractivity contribution in [1.82, 2.24) is 4.90 Å². The van der Waals surface area contributed by atoms with Crippen molar-refractivity contribution in [2.24, 2.45) is 5.73 Å². The first-order chi connectivity index (χ1) is 9.47. The number of ether oxygens (including phenoxy) is 1. The van der Waals surface area contributed by atoms with Crippen LogP contribution in [0.1, 0.15) is 36.3 Å². The van der Waals surface area contributed by atoms with Gasteiger partial charge in [0.05, 0.1) is 0 Å². The topological polar surface area (TPSA) is 55.6 Å². The van der Waals surface area contributed by atoms with Crippen LogP contribution in [-0.2, 0) is 4.74 Å². The third-order valence-electron chi connectivity index (χ3n) is 4.20. The average Bonchev–Trinajstić information content (AvgIpc) is 2.38. The predicted octanol–water partition coefficient (Wildman–Crippen LogP) is 2.66. The minimum absolute atomic E-state index is 0.0939. The molecule has 0 aromatic heterocycles. The van der Waals surface area contributed by atoms with E-state index in [1.807, 2.05) is 14.1 Å². The average molecular weight is 276 g/mol. The Bertz CT molecular complexity index is 473. The molecule has 3 atom stereocenters. The fourth-order valence-electron chi connectivity index (χ4n) is 3.18. The standard InChI is InChI=1S/C16H24N2O2/c1-11-5-4-6-12(9-11)13-7-8-15(20-16(17)19)14(10-13)18(2)3/h4-6,9,13-15H,7-8,10H2,1-3H3,(H2,17,19)/t13-,14-,15-/m0/s1. The summed E-state index contributed by atoms with van der Waals surface area (Å²) in [4.78, 5) is 13.1. The maximum atomic E-state index is 11.0. The number of carbonyl (C=O) groups excluding carboxylic acids is 1. The Balaban J connectivity index is 2.12. The van der Waals surface area contributed by atoms with Crippen LogP contribution in [-0.4, -0.2) is 37.2 Å². The van der Waals surface area contributed by atoms with E-state index in [4.69, 9.17) is 10.5 Å². The number of likely N-dealkylation sites (N-methyl/N-ethyl adjacent to an activating group) is 1. The van der Waals surface area contributed by atoms with Gasteiger partial charge >= 0.3 is 6.09 Å². The molecular weight excluding hydrogens is 252 g/mol. The van der Waals surface area contributed by atoms with Gasteiger partial charge in [0.25, 0.3) is 0 Å². The molecule has 1 aliphatic carbocycles. The molecule has 1 aliphatic rings. The summed E-state index contributed by atoms with van der Waals surface area (Å²) in [6, 6.07) is 8.91. The molecule has 1 saturated carbocycles. The van der Waals surface area contributed by atoms with Gasteiger partial charge in [0.15, 0.2) is 0 Å². The molecule has 0 unspecified atom stereocenters. The third kappa shape index (κ3) is 3.51. The highest BCUT2D eigenvalue weighted by Crippen LogP contribution is 2.36. The highest BCUT2D eigenvalue weighted by atomic mass is 16.6. The molecule has 1 amide bonds. The van der Waals surface area contributed by atoms with E-state index < -0.39 is 6.09 Å². The molecule has 0 radical (unpaired) electrons. The number of carbonyl (C=O) groups is 1. The van der Waals surface area contributed by atoms with E-state index in [0.29, 0.717) is 5.92 Å². The van der Waals surface area contributed by atoms with Crippen LogP contribution in [0, 0.1) is 6.92 Å². The Morgan fingerprint density at radius 2 is 2.10 bits per heavy atom. The van der Waals surface area contributed by atoms with Crippen molar-refractivity contribution in [3.63, 3.8) is 0 Å². The minimum Gasteiger partial charge on any atom is -0.445 e. The van der Waals surface area contributed by atoms with Crippen molar-refractivity contribution in [2.75, 3.05) is 14.1 Å². The van der Waals surface area contributed by atoms with Gasteiger partial charge < -0.3 is 15.4 Å². The van der Waals surface area contributed by atoms with Crippen molar-refractivity contribution < 1.29 is 9.53 Å². The smallest absolute Gasteiger partial charge is 0.404 e. The lowest BCUT2D eigenvalue weighted by Gasteiger charge is -2.39. The molecule has 0 aliphatic heterocycles. The number of benzene rings is 1. The summed E-state index contributed by atoms with van der Waals surface area (Å²) in [7, 11) is 4.06. The van der Waals surface area contributed by atoms with Gasteiger partial charge in [0.1, 0.15) is 6.10 Å². The summed E-state index contributed by atoms with van der Waals surface area (Å²) < 4.78 is 5.27. The van der Waals surface area contributed by atoms with Crippen molar-refractivity contribution in [3.05, 3.63) is 35.4 Å². The second kappa shape index (κ2) is 6.27. The maximum absolute atomic E-state index is 11.0. The van der Waals surface area contributed by atoms with Crippen LogP contribution in [0.5, 0.6) is 0 Å². The maximum Gasteiger partial charge on any atom is 0.404 e.